The molecular formula is C26H30F2N4O2. The number of piperidine rings is 1. The number of carboxylic acid groups (broad SMARTS) is 1. The van der Waals surface area contributed by atoms with Gasteiger partial charge in [-0.1, -0.05) is 24.3 Å². The molecule has 2 aliphatic heterocycles. The van der Waals surface area contributed by atoms with Gasteiger partial charge < -0.3 is 19.5 Å². The number of hydrogen-bond donors (Lipinski definition) is 1. The van der Waals surface area contributed by atoms with E-state index in [4.69, 9.17) is 4.98 Å². The van der Waals surface area contributed by atoms with E-state index in [1.54, 1.807) is 36.4 Å². The number of aromatic nitrogens is 2. The van der Waals surface area contributed by atoms with Gasteiger partial charge in [-0.05, 0) is 62.5 Å². The van der Waals surface area contributed by atoms with Gasteiger partial charge in [0.1, 0.15) is 0 Å². The molecule has 0 bridgehead atoms. The van der Waals surface area contributed by atoms with Gasteiger partial charge in [0, 0.05) is 31.6 Å². The normalized spacial score (nSPS) is 18.1. The van der Waals surface area contributed by atoms with Gasteiger partial charge >= 0.3 is 5.97 Å². The smallest absolute Gasteiger partial charge is 0.335 e. The molecule has 3 heterocycles. The van der Waals surface area contributed by atoms with Crippen LogP contribution in [0.3, 0.4) is 0 Å². The first kappa shape index (κ1) is 22.8. The van der Waals surface area contributed by atoms with Crippen LogP contribution < -0.4 is 4.90 Å². The van der Waals surface area contributed by atoms with Crippen molar-refractivity contribution in [3.63, 3.8) is 0 Å². The Bertz CT molecular complexity index is 1190. The lowest BCUT2D eigenvalue weighted by Crippen LogP contribution is -2.44. The van der Waals surface area contributed by atoms with Crippen LogP contribution in [0.2, 0.25) is 0 Å². The molecule has 1 aromatic heterocycles. The Morgan fingerprint density at radius 2 is 1.79 bits per heavy atom. The number of anilines is 1. The fourth-order valence-electron chi connectivity index (χ4n) is 5.44. The van der Waals surface area contributed by atoms with Crippen molar-refractivity contribution >= 4 is 23.0 Å². The van der Waals surface area contributed by atoms with Crippen LogP contribution in [-0.4, -0.2) is 57.7 Å². The van der Waals surface area contributed by atoms with Crippen molar-refractivity contribution in [2.75, 3.05) is 31.1 Å². The summed E-state index contributed by atoms with van der Waals surface area (Å²) in [6.45, 7) is 5.17. The molecule has 0 atom stereocenters. The maximum absolute atomic E-state index is 14.3. The van der Waals surface area contributed by atoms with E-state index in [-0.39, 0.29) is 17.7 Å². The van der Waals surface area contributed by atoms with E-state index in [1.807, 2.05) is 4.57 Å². The predicted octanol–water partition coefficient (Wildman–Crippen LogP) is 4.96. The minimum atomic E-state index is -2.96. The molecule has 5 rings (SSSR count). The van der Waals surface area contributed by atoms with Gasteiger partial charge in [-0.15, -0.1) is 0 Å². The molecule has 0 unspecified atom stereocenters. The number of imidazole rings is 1. The molecule has 0 amide bonds. The first-order valence-corrected chi connectivity index (χ1v) is 12.0. The van der Waals surface area contributed by atoms with Crippen molar-refractivity contribution in [1.29, 1.82) is 0 Å². The van der Waals surface area contributed by atoms with E-state index in [2.05, 4.69) is 9.80 Å². The van der Waals surface area contributed by atoms with Crippen molar-refractivity contribution in [2.24, 2.45) is 0 Å². The van der Waals surface area contributed by atoms with Gasteiger partial charge in [-0.2, -0.15) is 0 Å². The van der Waals surface area contributed by atoms with Gasteiger partial charge in [0.05, 0.1) is 23.1 Å². The molecule has 2 fully saturated rings. The fourth-order valence-corrected chi connectivity index (χ4v) is 5.44. The molecule has 8 heteroatoms. The standard InChI is InChI=1S/C26H30F2N4O2/c1-26(27,28)21-7-3-2-6-19(21)17-32-23-9-8-18(24(33)34)16-22(23)29-25(32)31-14-10-20(11-15-31)30-12-4-5-13-30/h2-3,6-9,16,20H,4-5,10-15,17H2,1H3,(H,33,34). The Labute approximate surface area is 197 Å². The number of fused-ring (bicyclic) bond motifs is 1. The molecule has 1 N–H and O–H groups in total. The topological polar surface area (TPSA) is 61.6 Å². The number of alkyl halides is 2. The molecule has 2 aromatic carbocycles. The number of aromatic carboxylic acids is 1. The summed E-state index contributed by atoms with van der Waals surface area (Å²) in [4.78, 5) is 21.1. The predicted molar refractivity (Wildman–Crippen MR) is 128 cm³/mol. The van der Waals surface area contributed by atoms with E-state index in [0.717, 1.165) is 38.4 Å². The Morgan fingerprint density at radius 3 is 2.47 bits per heavy atom. The number of likely N-dealkylation sites (tertiary alicyclic amines) is 1. The number of carboxylic acids is 1. The molecular weight excluding hydrogens is 438 g/mol. The van der Waals surface area contributed by atoms with E-state index >= 15 is 0 Å². The van der Waals surface area contributed by atoms with Crippen LogP contribution in [-0.2, 0) is 12.5 Å². The molecule has 0 aliphatic carbocycles. The van der Waals surface area contributed by atoms with E-state index in [1.165, 1.54) is 32.0 Å². The van der Waals surface area contributed by atoms with Crippen molar-refractivity contribution in [3.8, 4) is 0 Å². The third kappa shape index (κ3) is 4.39. The molecule has 180 valence electrons. The average Bonchev–Trinajstić information content (AvgIpc) is 3.47. The highest BCUT2D eigenvalue weighted by atomic mass is 19.3. The van der Waals surface area contributed by atoms with Gasteiger partial charge in [0.15, 0.2) is 0 Å². The molecule has 0 radical (unpaired) electrons. The zero-order chi connectivity index (χ0) is 23.9. The van der Waals surface area contributed by atoms with Gasteiger partial charge in [0.2, 0.25) is 5.95 Å². The van der Waals surface area contributed by atoms with Crippen molar-refractivity contribution in [1.82, 2.24) is 14.5 Å². The van der Waals surface area contributed by atoms with Crippen molar-refractivity contribution in [2.45, 2.75) is 51.1 Å². The van der Waals surface area contributed by atoms with E-state index < -0.39 is 11.9 Å². The zero-order valence-electron chi connectivity index (χ0n) is 19.4. The minimum absolute atomic E-state index is 0.00213. The summed E-state index contributed by atoms with van der Waals surface area (Å²) in [6, 6.07) is 12.0. The van der Waals surface area contributed by atoms with Gasteiger partial charge in [-0.25, -0.2) is 18.6 Å². The maximum Gasteiger partial charge on any atom is 0.335 e. The highest BCUT2D eigenvalue weighted by Gasteiger charge is 2.30. The highest BCUT2D eigenvalue weighted by molar-refractivity contribution is 5.93. The Hall–Kier alpha value is -3.00. The number of hydrogen-bond acceptors (Lipinski definition) is 4. The molecule has 0 spiro atoms. The maximum atomic E-state index is 14.3. The molecule has 34 heavy (non-hydrogen) atoms. The monoisotopic (exact) mass is 468 g/mol. The minimum Gasteiger partial charge on any atom is -0.478 e. The summed E-state index contributed by atoms with van der Waals surface area (Å²) in [5.74, 6) is -3.26. The second-order valence-corrected chi connectivity index (χ2v) is 9.51. The van der Waals surface area contributed by atoms with Crippen LogP contribution in [0.15, 0.2) is 42.5 Å². The van der Waals surface area contributed by atoms with Crippen molar-refractivity contribution in [3.05, 3.63) is 59.2 Å². The Kier molecular flexibility index (Phi) is 6.02. The third-order valence-corrected chi connectivity index (χ3v) is 7.20. The lowest BCUT2D eigenvalue weighted by atomic mass is 10.0. The lowest BCUT2D eigenvalue weighted by Gasteiger charge is -2.37. The Morgan fingerprint density at radius 1 is 1.09 bits per heavy atom. The summed E-state index contributed by atoms with van der Waals surface area (Å²) in [5, 5.41) is 9.43. The second-order valence-electron chi connectivity index (χ2n) is 9.51. The van der Waals surface area contributed by atoms with E-state index in [9.17, 15) is 18.7 Å². The van der Waals surface area contributed by atoms with E-state index in [0.29, 0.717) is 23.1 Å². The Balaban J connectivity index is 1.51. The second kappa shape index (κ2) is 8.98. The SMILES string of the molecule is CC(F)(F)c1ccccc1Cn1c(N2CCC(N3CCCC3)CC2)nc2cc(C(=O)O)ccc21. The summed E-state index contributed by atoms with van der Waals surface area (Å²) in [7, 11) is 0. The number of halogens is 2. The zero-order valence-corrected chi connectivity index (χ0v) is 19.4. The summed E-state index contributed by atoms with van der Waals surface area (Å²) in [5.41, 5.74) is 2.01. The van der Waals surface area contributed by atoms with Crippen LogP contribution in [0.5, 0.6) is 0 Å². The highest BCUT2D eigenvalue weighted by Crippen LogP contribution is 2.33. The lowest BCUT2D eigenvalue weighted by molar-refractivity contribution is 0.0164. The molecule has 2 aliphatic rings. The quantitative estimate of drug-likeness (QED) is 0.554. The van der Waals surface area contributed by atoms with Crippen LogP contribution >= 0.6 is 0 Å². The molecule has 2 saturated heterocycles. The van der Waals surface area contributed by atoms with Crippen molar-refractivity contribution < 1.29 is 18.7 Å². The summed E-state index contributed by atoms with van der Waals surface area (Å²) >= 11 is 0. The summed E-state index contributed by atoms with van der Waals surface area (Å²) in [6.07, 6.45) is 4.60. The fraction of sp³-hybridized carbons (Fsp3) is 0.462. The van der Waals surface area contributed by atoms with Crippen LogP contribution in [0.4, 0.5) is 14.7 Å². The third-order valence-electron chi connectivity index (χ3n) is 7.20. The number of benzene rings is 2. The summed E-state index contributed by atoms with van der Waals surface area (Å²) < 4.78 is 30.6. The van der Waals surface area contributed by atoms with Gasteiger partial charge in [-0.3, -0.25) is 0 Å². The first-order valence-electron chi connectivity index (χ1n) is 12.0. The van der Waals surface area contributed by atoms with Crippen LogP contribution in [0.1, 0.15) is 54.1 Å². The number of nitrogens with zero attached hydrogens (tertiary/aromatic N) is 4. The molecule has 6 nitrogen and oxygen atoms in total. The van der Waals surface area contributed by atoms with Crippen LogP contribution in [0, 0.1) is 0 Å². The van der Waals surface area contributed by atoms with Gasteiger partial charge in [0.25, 0.3) is 5.92 Å². The number of carbonyl (C=O) groups is 1. The number of rotatable bonds is 6. The molecule has 3 aromatic rings. The largest absolute Gasteiger partial charge is 0.478 e. The first-order chi connectivity index (χ1) is 16.3. The van der Waals surface area contributed by atoms with Crippen LogP contribution in [0.25, 0.3) is 11.0 Å². The molecule has 0 saturated carbocycles. The average molecular weight is 469 g/mol.